The molecular weight excluding hydrogens is 355 g/mol. The van der Waals surface area contributed by atoms with E-state index in [2.05, 4.69) is 10.5 Å². The van der Waals surface area contributed by atoms with E-state index in [1.807, 2.05) is 43.3 Å². The molecular formula is C20H16Cl2N2O. The van der Waals surface area contributed by atoms with Crippen LogP contribution in [0, 0.1) is 0 Å². The molecule has 1 N–H and O–H groups in total. The highest BCUT2D eigenvalue weighted by Crippen LogP contribution is 2.23. The minimum Gasteiger partial charge on any atom is -0.267 e. The maximum Gasteiger partial charge on any atom is 0.272 e. The van der Waals surface area contributed by atoms with Crippen LogP contribution in [0.4, 0.5) is 0 Å². The largest absolute Gasteiger partial charge is 0.272 e. The Bertz CT molecular complexity index is 962. The molecule has 0 heterocycles. The second-order valence-corrected chi connectivity index (χ2v) is 6.35. The van der Waals surface area contributed by atoms with Crippen molar-refractivity contribution in [1.82, 2.24) is 5.43 Å². The summed E-state index contributed by atoms with van der Waals surface area (Å²) >= 11 is 12.2. The van der Waals surface area contributed by atoms with Crippen LogP contribution in [-0.4, -0.2) is 11.6 Å². The summed E-state index contributed by atoms with van der Waals surface area (Å²) in [6, 6.07) is 18.6. The number of hydrogen-bond acceptors (Lipinski definition) is 2. The summed E-state index contributed by atoms with van der Waals surface area (Å²) in [7, 11) is 0. The number of fused-ring (bicyclic) bond motifs is 1. The Kier molecular flexibility index (Phi) is 5.37. The van der Waals surface area contributed by atoms with E-state index >= 15 is 0 Å². The molecule has 25 heavy (non-hydrogen) atoms. The number of rotatable bonds is 4. The van der Waals surface area contributed by atoms with Crippen LogP contribution < -0.4 is 5.43 Å². The van der Waals surface area contributed by atoms with E-state index < -0.39 is 0 Å². The zero-order valence-electron chi connectivity index (χ0n) is 13.6. The molecule has 0 fully saturated rings. The molecule has 126 valence electrons. The lowest BCUT2D eigenvalue weighted by Gasteiger charge is -2.09. The molecule has 0 aromatic heterocycles. The maximum absolute atomic E-state index is 12.6. The Morgan fingerprint density at radius 1 is 1.00 bits per heavy atom. The zero-order chi connectivity index (χ0) is 17.8. The van der Waals surface area contributed by atoms with Crippen molar-refractivity contribution in [3.05, 3.63) is 81.8 Å². The first-order valence-electron chi connectivity index (χ1n) is 7.90. The van der Waals surface area contributed by atoms with Gasteiger partial charge in [0, 0.05) is 16.1 Å². The molecule has 0 spiro atoms. The summed E-state index contributed by atoms with van der Waals surface area (Å²) in [5.41, 5.74) is 4.67. The zero-order valence-corrected chi connectivity index (χ0v) is 15.1. The molecule has 0 saturated carbocycles. The number of hydrazone groups is 1. The van der Waals surface area contributed by atoms with Crippen molar-refractivity contribution < 1.29 is 4.79 Å². The average Bonchev–Trinajstić information content (AvgIpc) is 2.63. The van der Waals surface area contributed by atoms with Crippen LogP contribution in [0.1, 0.15) is 29.3 Å². The molecule has 0 aliphatic rings. The second kappa shape index (κ2) is 7.68. The van der Waals surface area contributed by atoms with Gasteiger partial charge in [0.2, 0.25) is 0 Å². The normalized spacial score (nSPS) is 11.6. The smallest absolute Gasteiger partial charge is 0.267 e. The van der Waals surface area contributed by atoms with E-state index in [0.717, 1.165) is 16.3 Å². The van der Waals surface area contributed by atoms with E-state index in [1.165, 1.54) is 0 Å². The molecule has 1 amide bonds. The number of benzene rings is 3. The van der Waals surface area contributed by atoms with Crippen molar-refractivity contribution in [3.63, 3.8) is 0 Å². The number of hydrogen-bond donors (Lipinski definition) is 1. The summed E-state index contributed by atoms with van der Waals surface area (Å²) < 4.78 is 0. The van der Waals surface area contributed by atoms with Crippen molar-refractivity contribution in [1.29, 1.82) is 0 Å². The number of nitrogens with one attached hydrogen (secondary N) is 1. The fourth-order valence-electron chi connectivity index (χ4n) is 2.66. The topological polar surface area (TPSA) is 41.5 Å². The molecule has 3 aromatic carbocycles. The minimum atomic E-state index is -0.257. The molecule has 3 rings (SSSR count). The van der Waals surface area contributed by atoms with Crippen LogP contribution >= 0.6 is 23.2 Å². The van der Waals surface area contributed by atoms with E-state index in [1.54, 1.807) is 24.3 Å². The Morgan fingerprint density at radius 2 is 1.76 bits per heavy atom. The van der Waals surface area contributed by atoms with Crippen molar-refractivity contribution in [2.45, 2.75) is 13.3 Å². The van der Waals surface area contributed by atoms with Crippen LogP contribution in [0.15, 0.2) is 65.8 Å². The van der Waals surface area contributed by atoms with Crippen LogP contribution in [0.5, 0.6) is 0 Å². The van der Waals surface area contributed by atoms with Gasteiger partial charge >= 0.3 is 0 Å². The lowest BCUT2D eigenvalue weighted by atomic mass is 10.0. The molecule has 5 heteroatoms. The van der Waals surface area contributed by atoms with Gasteiger partial charge in [-0.25, -0.2) is 5.43 Å². The van der Waals surface area contributed by atoms with Gasteiger partial charge in [0.05, 0.1) is 10.7 Å². The first-order chi connectivity index (χ1) is 12.1. The lowest BCUT2D eigenvalue weighted by Crippen LogP contribution is -2.20. The second-order valence-electron chi connectivity index (χ2n) is 5.50. The van der Waals surface area contributed by atoms with Crippen molar-refractivity contribution in [3.8, 4) is 0 Å². The lowest BCUT2D eigenvalue weighted by molar-refractivity contribution is 0.0956. The quantitative estimate of drug-likeness (QED) is 0.465. The fraction of sp³-hybridized carbons (Fsp3) is 0.100. The highest BCUT2D eigenvalue weighted by Gasteiger charge is 2.11. The van der Waals surface area contributed by atoms with Gasteiger partial charge in [-0.2, -0.15) is 5.10 Å². The number of carbonyl (C=O) groups excluding carboxylic acids is 1. The van der Waals surface area contributed by atoms with Crippen LogP contribution in [0.25, 0.3) is 10.8 Å². The third-order valence-electron chi connectivity index (χ3n) is 3.90. The van der Waals surface area contributed by atoms with Crippen LogP contribution in [-0.2, 0) is 0 Å². The minimum absolute atomic E-state index is 0.257. The van der Waals surface area contributed by atoms with Gasteiger partial charge in [0.1, 0.15) is 0 Å². The Hall–Kier alpha value is -2.36. The van der Waals surface area contributed by atoms with Gasteiger partial charge in [-0.15, -0.1) is 0 Å². The third kappa shape index (κ3) is 3.84. The predicted molar refractivity (Wildman–Crippen MR) is 105 cm³/mol. The Balaban J connectivity index is 1.89. The molecule has 0 radical (unpaired) electrons. The number of amides is 1. The third-order valence-corrected chi connectivity index (χ3v) is 4.45. The van der Waals surface area contributed by atoms with Gasteiger partial charge in [-0.05, 0) is 35.4 Å². The van der Waals surface area contributed by atoms with Crippen molar-refractivity contribution in [2.75, 3.05) is 0 Å². The van der Waals surface area contributed by atoms with Crippen LogP contribution in [0.2, 0.25) is 10.0 Å². The summed E-state index contributed by atoms with van der Waals surface area (Å²) in [4.78, 5) is 12.6. The van der Waals surface area contributed by atoms with E-state index in [-0.39, 0.29) is 5.91 Å². The summed E-state index contributed by atoms with van der Waals surface area (Å²) in [6.07, 6.45) is 0.622. The molecule has 0 unspecified atom stereocenters. The first kappa shape index (κ1) is 17.5. The van der Waals surface area contributed by atoms with Crippen LogP contribution in [0.3, 0.4) is 0 Å². The summed E-state index contributed by atoms with van der Waals surface area (Å²) in [6.45, 7) is 1.95. The van der Waals surface area contributed by atoms with Gasteiger partial charge < -0.3 is 0 Å². The van der Waals surface area contributed by atoms with E-state index in [0.29, 0.717) is 27.7 Å². The summed E-state index contributed by atoms with van der Waals surface area (Å²) in [5.74, 6) is -0.257. The molecule has 3 nitrogen and oxygen atoms in total. The van der Waals surface area contributed by atoms with E-state index in [4.69, 9.17) is 23.2 Å². The molecule has 0 bridgehead atoms. The monoisotopic (exact) mass is 370 g/mol. The number of nitrogens with zero attached hydrogens (tertiary/aromatic N) is 1. The standard InChI is InChI=1S/C20H16Cl2N2O/c1-2-19(17-11-10-14(21)12-18(17)22)23-24-20(25)16-9-5-7-13-6-3-4-8-15(13)16/h3-12H,2H2,1H3,(H,24,25)/b23-19+. The van der Waals surface area contributed by atoms with E-state index in [9.17, 15) is 4.79 Å². The van der Waals surface area contributed by atoms with Crippen molar-refractivity contribution >= 4 is 45.6 Å². The van der Waals surface area contributed by atoms with Gasteiger partial charge in [-0.3, -0.25) is 4.79 Å². The molecule has 0 saturated heterocycles. The molecule has 0 aliphatic carbocycles. The number of halogens is 2. The van der Waals surface area contributed by atoms with Gasteiger partial charge in [0.25, 0.3) is 5.91 Å². The SMILES string of the molecule is CC/C(=N\NC(=O)c1cccc2ccccc12)c1ccc(Cl)cc1Cl. The molecule has 0 aliphatic heterocycles. The van der Waals surface area contributed by atoms with Gasteiger partial charge in [0.15, 0.2) is 0 Å². The Labute approximate surface area is 156 Å². The first-order valence-corrected chi connectivity index (χ1v) is 8.66. The predicted octanol–water partition coefficient (Wildman–Crippen LogP) is 5.69. The Morgan fingerprint density at radius 3 is 2.52 bits per heavy atom. The average molecular weight is 371 g/mol. The van der Waals surface area contributed by atoms with Crippen molar-refractivity contribution in [2.24, 2.45) is 5.10 Å². The summed E-state index contributed by atoms with van der Waals surface area (Å²) in [5, 5.41) is 7.24. The fourth-order valence-corrected chi connectivity index (χ4v) is 3.17. The maximum atomic E-state index is 12.6. The van der Waals surface area contributed by atoms with Gasteiger partial charge in [-0.1, -0.05) is 72.6 Å². The number of carbonyl (C=O) groups is 1. The molecule has 3 aromatic rings. The molecule has 0 atom stereocenters. The highest BCUT2D eigenvalue weighted by molar-refractivity contribution is 6.37. The highest BCUT2D eigenvalue weighted by atomic mass is 35.5.